The summed E-state index contributed by atoms with van der Waals surface area (Å²) in [5.41, 5.74) is 0. The summed E-state index contributed by atoms with van der Waals surface area (Å²) < 4.78 is 6.17. The Hall–Kier alpha value is -0.883. The summed E-state index contributed by atoms with van der Waals surface area (Å²) in [7, 11) is -1.88. The lowest BCUT2D eigenvalue weighted by atomic mass is 9.93. The normalized spacial score (nSPS) is 22.1. The van der Waals surface area contributed by atoms with Crippen LogP contribution in [-0.2, 0) is 14.0 Å². The first-order valence-corrected chi connectivity index (χ1v) is 9.55. The van der Waals surface area contributed by atoms with Crippen molar-refractivity contribution in [3.8, 4) is 0 Å². The van der Waals surface area contributed by atoms with E-state index in [0.717, 1.165) is 0 Å². The highest BCUT2D eigenvalue weighted by molar-refractivity contribution is 6.74. The van der Waals surface area contributed by atoms with E-state index in [1.807, 2.05) is 6.92 Å². The molecular weight excluding hydrogens is 262 g/mol. The van der Waals surface area contributed by atoms with Crippen LogP contribution < -0.4 is 0 Å². The fourth-order valence-electron chi connectivity index (χ4n) is 1.91. The number of β-lactam (4-membered cyclic amide) rings is 1. The zero-order chi connectivity index (χ0) is 15.0. The first kappa shape index (κ1) is 16.2. The van der Waals surface area contributed by atoms with Gasteiger partial charge in [0.15, 0.2) is 8.32 Å². The molecule has 1 N–H and O–H groups in total. The number of likely N-dealkylation sites (tertiary alicyclic amines) is 1. The van der Waals surface area contributed by atoms with E-state index in [-0.39, 0.29) is 29.5 Å². The van der Waals surface area contributed by atoms with Gasteiger partial charge in [0.05, 0.1) is 12.0 Å². The molecule has 0 bridgehead atoms. The van der Waals surface area contributed by atoms with E-state index in [1.54, 1.807) is 0 Å². The number of rotatable bonds is 5. The van der Waals surface area contributed by atoms with Gasteiger partial charge in [-0.1, -0.05) is 20.8 Å². The molecule has 1 saturated heterocycles. The molecule has 1 heterocycles. The minimum atomic E-state index is -1.88. The van der Waals surface area contributed by atoms with Crippen molar-refractivity contribution in [3.05, 3.63) is 0 Å². The van der Waals surface area contributed by atoms with Crippen molar-refractivity contribution in [2.75, 3.05) is 13.1 Å². The van der Waals surface area contributed by atoms with Crippen molar-refractivity contribution in [1.29, 1.82) is 0 Å². The van der Waals surface area contributed by atoms with Gasteiger partial charge in [0.1, 0.15) is 6.54 Å². The molecule has 1 amide bonds. The van der Waals surface area contributed by atoms with Gasteiger partial charge in [0.2, 0.25) is 5.91 Å². The molecule has 2 atom stereocenters. The van der Waals surface area contributed by atoms with Crippen molar-refractivity contribution in [2.24, 2.45) is 5.92 Å². The molecule has 0 unspecified atom stereocenters. The molecule has 1 aliphatic rings. The van der Waals surface area contributed by atoms with Crippen molar-refractivity contribution < 1.29 is 19.1 Å². The van der Waals surface area contributed by atoms with Crippen LogP contribution in [0, 0.1) is 5.92 Å². The van der Waals surface area contributed by atoms with Crippen LogP contribution >= 0.6 is 0 Å². The van der Waals surface area contributed by atoms with E-state index >= 15 is 0 Å². The van der Waals surface area contributed by atoms with Crippen LogP contribution in [0.5, 0.6) is 0 Å². The fraction of sp³-hybridized carbons (Fsp3) is 0.846. The highest BCUT2D eigenvalue weighted by Crippen LogP contribution is 2.38. The van der Waals surface area contributed by atoms with E-state index in [2.05, 4.69) is 33.9 Å². The zero-order valence-electron chi connectivity index (χ0n) is 12.7. The summed E-state index contributed by atoms with van der Waals surface area (Å²) in [6.45, 7) is 13.0. The maximum Gasteiger partial charge on any atom is 0.323 e. The van der Waals surface area contributed by atoms with Crippen LogP contribution in [0.15, 0.2) is 0 Å². The maximum absolute atomic E-state index is 11.9. The number of hydrogen-bond acceptors (Lipinski definition) is 3. The monoisotopic (exact) mass is 287 g/mol. The minimum absolute atomic E-state index is 0.103. The van der Waals surface area contributed by atoms with Crippen LogP contribution in [0.3, 0.4) is 0 Å². The number of aliphatic carboxylic acids is 1. The third-order valence-electron chi connectivity index (χ3n) is 4.23. The second kappa shape index (κ2) is 5.24. The molecule has 110 valence electrons. The van der Waals surface area contributed by atoms with E-state index in [4.69, 9.17) is 9.53 Å². The summed E-state index contributed by atoms with van der Waals surface area (Å²) >= 11 is 0. The topological polar surface area (TPSA) is 66.8 Å². The average Bonchev–Trinajstić information content (AvgIpc) is 2.20. The quantitative estimate of drug-likeness (QED) is 0.620. The Bertz CT molecular complexity index is 375. The molecule has 0 spiro atoms. The predicted octanol–water partition coefficient (Wildman–Crippen LogP) is 1.94. The van der Waals surface area contributed by atoms with Crippen LogP contribution in [0.2, 0.25) is 18.1 Å². The van der Waals surface area contributed by atoms with Gasteiger partial charge in [-0.25, -0.2) is 0 Å². The number of amides is 1. The molecule has 19 heavy (non-hydrogen) atoms. The summed E-state index contributed by atoms with van der Waals surface area (Å²) in [4.78, 5) is 23.8. The average molecular weight is 287 g/mol. The SMILES string of the molecule is C[C@@H](O[Si](C)(C)C(C)(C)C)[C@@H]1CN(CC(=O)O)C1=O. The lowest BCUT2D eigenvalue weighted by molar-refractivity contribution is -0.159. The number of carboxylic acid groups (broad SMARTS) is 1. The van der Waals surface area contributed by atoms with Crippen LogP contribution in [0.25, 0.3) is 0 Å². The molecule has 5 nitrogen and oxygen atoms in total. The third kappa shape index (κ3) is 3.57. The van der Waals surface area contributed by atoms with Gasteiger partial charge < -0.3 is 14.4 Å². The summed E-state index contributed by atoms with van der Waals surface area (Å²) in [6.07, 6.45) is -0.140. The molecule has 6 heteroatoms. The Balaban J connectivity index is 2.56. The molecule has 0 aliphatic carbocycles. The molecule has 0 saturated carbocycles. The highest BCUT2D eigenvalue weighted by Gasteiger charge is 2.45. The van der Waals surface area contributed by atoms with E-state index in [9.17, 15) is 9.59 Å². The summed E-state index contributed by atoms with van der Waals surface area (Å²) in [5.74, 6) is -1.26. The Kier molecular flexibility index (Phi) is 4.46. The van der Waals surface area contributed by atoms with Crippen molar-refractivity contribution in [2.45, 2.75) is 51.9 Å². The van der Waals surface area contributed by atoms with Gasteiger partial charge in [0, 0.05) is 6.54 Å². The number of carboxylic acids is 1. The van der Waals surface area contributed by atoms with Gasteiger partial charge in [0.25, 0.3) is 0 Å². The van der Waals surface area contributed by atoms with Gasteiger partial charge in [-0.05, 0) is 25.1 Å². The standard InChI is InChI=1S/C13H25NO4Si/c1-9(18-19(5,6)13(2,3)4)10-7-14(12(10)17)8-11(15)16/h9-10H,7-8H2,1-6H3,(H,15,16)/t9-,10+/m1/s1. The molecule has 1 aliphatic heterocycles. The van der Waals surface area contributed by atoms with E-state index in [1.165, 1.54) is 4.90 Å². The molecule has 1 rings (SSSR count). The molecule has 0 aromatic carbocycles. The Morgan fingerprint density at radius 3 is 2.42 bits per heavy atom. The van der Waals surface area contributed by atoms with Gasteiger partial charge in [-0.3, -0.25) is 9.59 Å². The Morgan fingerprint density at radius 2 is 2.05 bits per heavy atom. The van der Waals surface area contributed by atoms with Crippen molar-refractivity contribution in [1.82, 2.24) is 4.90 Å². The lowest BCUT2D eigenvalue weighted by Crippen LogP contribution is -2.60. The van der Waals surface area contributed by atoms with E-state index < -0.39 is 14.3 Å². The number of carbonyl (C=O) groups is 2. The smallest absolute Gasteiger partial charge is 0.323 e. The predicted molar refractivity (Wildman–Crippen MR) is 75.4 cm³/mol. The largest absolute Gasteiger partial charge is 0.480 e. The second-order valence-corrected chi connectivity index (χ2v) is 11.6. The van der Waals surface area contributed by atoms with Gasteiger partial charge in [-0.2, -0.15) is 0 Å². The first-order valence-electron chi connectivity index (χ1n) is 6.64. The number of hydrogen-bond donors (Lipinski definition) is 1. The summed E-state index contributed by atoms with van der Waals surface area (Å²) in [5, 5.41) is 8.77. The van der Waals surface area contributed by atoms with Crippen molar-refractivity contribution >= 4 is 20.2 Å². The molecule has 0 aromatic heterocycles. The van der Waals surface area contributed by atoms with Gasteiger partial charge >= 0.3 is 5.97 Å². The second-order valence-electron chi connectivity index (χ2n) is 6.80. The van der Waals surface area contributed by atoms with E-state index in [0.29, 0.717) is 6.54 Å². The number of nitrogens with zero attached hydrogens (tertiary/aromatic N) is 1. The molecule has 1 fully saturated rings. The maximum atomic E-state index is 11.9. The molecular formula is C13H25NO4Si. The number of carbonyl (C=O) groups excluding carboxylic acids is 1. The first-order chi connectivity index (χ1) is 8.45. The van der Waals surface area contributed by atoms with Crippen molar-refractivity contribution in [3.63, 3.8) is 0 Å². The fourth-order valence-corrected chi connectivity index (χ4v) is 3.35. The minimum Gasteiger partial charge on any atom is -0.480 e. The van der Waals surface area contributed by atoms with Crippen LogP contribution in [0.4, 0.5) is 0 Å². The highest BCUT2D eigenvalue weighted by atomic mass is 28.4. The molecule has 0 aromatic rings. The lowest BCUT2D eigenvalue weighted by Gasteiger charge is -2.45. The van der Waals surface area contributed by atoms with Crippen LogP contribution in [0.1, 0.15) is 27.7 Å². The Morgan fingerprint density at radius 1 is 1.53 bits per heavy atom. The zero-order valence-corrected chi connectivity index (χ0v) is 13.7. The summed E-state index contributed by atoms with van der Waals surface area (Å²) in [6, 6.07) is 0. The Labute approximate surface area is 116 Å². The molecule has 0 radical (unpaired) electrons. The van der Waals surface area contributed by atoms with Crippen LogP contribution in [-0.4, -0.2) is 49.4 Å². The third-order valence-corrected chi connectivity index (χ3v) is 8.80. The van der Waals surface area contributed by atoms with Gasteiger partial charge in [-0.15, -0.1) is 0 Å².